The summed E-state index contributed by atoms with van der Waals surface area (Å²) < 4.78 is 6.67. The zero-order chi connectivity index (χ0) is 22.0. The van der Waals surface area contributed by atoms with Gasteiger partial charge in [0, 0.05) is 29.8 Å². The van der Waals surface area contributed by atoms with E-state index in [2.05, 4.69) is 0 Å². The predicted molar refractivity (Wildman–Crippen MR) is 123 cm³/mol. The van der Waals surface area contributed by atoms with E-state index in [0.717, 1.165) is 28.6 Å². The molecule has 0 spiro atoms. The van der Waals surface area contributed by atoms with Crippen LogP contribution in [0.4, 0.5) is 10.8 Å². The quantitative estimate of drug-likeness (QED) is 0.281. The number of carbonyl (C=O) groups excluding carboxylic acids is 1. The number of aromatic nitrogens is 1. The molecule has 1 fully saturated rings. The molecule has 1 atom stereocenters. The lowest BCUT2D eigenvalue weighted by Crippen LogP contribution is -2.36. The molecular weight excluding hydrogens is 438 g/mol. The van der Waals surface area contributed by atoms with Crippen molar-refractivity contribution in [3.05, 3.63) is 68.7 Å². The molecule has 0 aliphatic carbocycles. The van der Waals surface area contributed by atoms with Crippen LogP contribution in [0.25, 0.3) is 16.3 Å². The number of anilines is 1. The van der Waals surface area contributed by atoms with Crippen LogP contribution in [-0.2, 0) is 9.53 Å². The number of halogens is 1. The van der Waals surface area contributed by atoms with Gasteiger partial charge in [-0.1, -0.05) is 22.9 Å². The molecule has 1 aliphatic heterocycles. The molecular formula is C22H20ClN3O4S. The number of amides is 1. The van der Waals surface area contributed by atoms with Gasteiger partial charge in [0.1, 0.15) is 0 Å². The molecule has 0 radical (unpaired) electrons. The van der Waals surface area contributed by atoms with Gasteiger partial charge >= 0.3 is 0 Å². The second-order valence-electron chi connectivity index (χ2n) is 7.33. The Hall–Kier alpha value is -2.81. The summed E-state index contributed by atoms with van der Waals surface area (Å²) in [6, 6.07) is 9.74. The van der Waals surface area contributed by atoms with Gasteiger partial charge in [0.15, 0.2) is 5.13 Å². The number of hydrogen-bond acceptors (Lipinski definition) is 6. The van der Waals surface area contributed by atoms with E-state index in [1.165, 1.54) is 29.5 Å². The van der Waals surface area contributed by atoms with Crippen molar-refractivity contribution in [3.63, 3.8) is 0 Å². The van der Waals surface area contributed by atoms with E-state index in [4.69, 9.17) is 21.3 Å². The largest absolute Gasteiger partial charge is 0.376 e. The van der Waals surface area contributed by atoms with E-state index >= 15 is 0 Å². The van der Waals surface area contributed by atoms with Gasteiger partial charge in [-0.3, -0.25) is 19.8 Å². The Morgan fingerprint density at radius 1 is 1.39 bits per heavy atom. The topological polar surface area (TPSA) is 85.6 Å². The number of hydrogen-bond donors (Lipinski definition) is 0. The van der Waals surface area contributed by atoms with Crippen LogP contribution in [0.5, 0.6) is 0 Å². The third-order valence-corrected chi connectivity index (χ3v) is 6.31. The highest BCUT2D eigenvalue weighted by Gasteiger charge is 2.25. The van der Waals surface area contributed by atoms with Crippen LogP contribution < -0.4 is 4.90 Å². The zero-order valence-corrected chi connectivity index (χ0v) is 18.4. The first kappa shape index (κ1) is 21.4. The minimum Gasteiger partial charge on any atom is -0.376 e. The van der Waals surface area contributed by atoms with Gasteiger partial charge in [-0.15, -0.1) is 0 Å². The molecule has 3 aromatic rings. The van der Waals surface area contributed by atoms with Crippen LogP contribution >= 0.6 is 22.9 Å². The number of nitro groups is 1. The average molecular weight is 458 g/mol. The van der Waals surface area contributed by atoms with E-state index < -0.39 is 4.92 Å². The zero-order valence-electron chi connectivity index (χ0n) is 16.8. The number of aryl methyl sites for hydroxylation is 1. The number of rotatable bonds is 6. The lowest BCUT2D eigenvalue weighted by atomic mass is 10.2. The Balaban J connectivity index is 1.62. The van der Waals surface area contributed by atoms with Gasteiger partial charge in [0.05, 0.1) is 27.8 Å². The van der Waals surface area contributed by atoms with Gasteiger partial charge in [0.25, 0.3) is 11.6 Å². The lowest BCUT2D eigenvalue weighted by Gasteiger charge is -2.21. The molecule has 31 heavy (non-hydrogen) atoms. The van der Waals surface area contributed by atoms with Crippen LogP contribution in [0.3, 0.4) is 0 Å². The summed E-state index contributed by atoms with van der Waals surface area (Å²) in [5, 5.41) is 12.0. The van der Waals surface area contributed by atoms with Crippen molar-refractivity contribution in [1.29, 1.82) is 0 Å². The van der Waals surface area contributed by atoms with E-state index in [-0.39, 0.29) is 17.7 Å². The van der Waals surface area contributed by atoms with Crippen molar-refractivity contribution >= 4 is 56.0 Å². The number of fused-ring (bicyclic) bond motifs is 1. The maximum Gasteiger partial charge on any atom is 0.269 e. The molecule has 7 nitrogen and oxygen atoms in total. The lowest BCUT2D eigenvalue weighted by molar-refractivity contribution is -0.384. The molecule has 9 heteroatoms. The van der Waals surface area contributed by atoms with Crippen LogP contribution in [-0.4, -0.2) is 35.1 Å². The first-order chi connectivity index (χ1) is 14.9. The molecule has 2 heterocycles. The van der Waals surface area contributed by atoms with Crippen LogP contribution in [0.2, 0.25) is 5.02 Å². The number of thiazole rings is 1. The third-order valence-electron chi connectivity index (χ3n) is 5.07. The molecule has 0 bridgehead atoms. The molecule has 1 aromatic heterocycles. The van der Waals surface area contributed by atoms with Crippen LogP contribution in [0, 0.1) is 17.0 Å². The first-order valence-electron chi connectivity index (χ1n) is 9.83. The maximum absolute atomic E-state index is 13.1. The summed E-state index contributed by atoms with van der Waals surface area (Å²) in [6.45, 7) is 3.05. The highest BCUT2D eigenvalue weighted by atomic mass is 35.5. The highest BCUT2D eigenvalue weighted by molar-refractivity contribution is 7.22. The van der Waals surface area contributed by atoms with E-state index in [0.29, 0.717) is 28.9 Å². The second-order valence-corrected chi connectivity index (χ2v) is 8.78. The highest BCUT2D eigenvalue weighted by Crippen LogP contribution is 2.34. The molecule has 0 saturated carbocycles. The summed E-state index contributed by atoms with van der Waals surface area (Å²) in [5.74, 6) is -0.225. The summed E-state index contributed by atoms with van der Waals surface area (Å²) in [7, 11) is 0. The summed E-state index contributed by atoms with van der Waals surface area (Å²) in [6.07, 6.45) is 4.94. The van der Waals surface area contributed by atoms with E-state index in [1.807, 2.05) is 19.1 Å². The van der Waals surface area contributed by atoms with Gasteiger partial charge in [-0.05, 0) is 61.2 Å². The van der Waals surface area contributed by atoms with Crippen molar-refractivity contribution in [2.75, 3.05) is 18.1 Å². The van der Waals surface area contributed by atoms with Crippen molar-refractivity contribution in [1.82, 2.24) is 4.98 Å². The number of benzene rings is 2. The molecule has 2 aromatic carbocycles. The third kappa shape index (κ3) is 4.92. The predicted octanol–water partition coefficient (Wildman–Crippen LogP) is 5.39. The molecule has 1 unspecified atom stereocenters. The normalized spacial score (nSPS) is 16.3. The standard InChI is InChI=1S/C22H20ClN3O4S/c1-14-11-16(23)12-19-21(14)24-22(31-19)25(13-18-3-2-10-30-18)20(27)9-6-15-4-7-17(8-5-15)26(28)29/h4-9,11-12,18H,2-3,10,13H2,1H3/b9-6-. The van der Waals surface area contributed by atoms with Crippen molar-refractivity contribution < 1.29 is 14.5 Å². The van der Waals surface area contributed by atoms with Gasteiger partial charge in [-0.25, -0.2) is 4.98 Å². The number of nitrogens with zero attached hydrogens (tertiary/aromatic N) is 3. The molecule has 1 saturated heterocycles. The molecule has 4 rings (SSSR count). The fourth-order valence-corrected chi connectivity index (χ4v) is 4.91. The molecule has 0 N–H and O–H groups in total. The van der Waals surface area contributed by atoms with E-state index in [9.17, 15) is 14.9 Å². The first-order valence-corrected chi connectivity index (χ1v) is 11.0. The van der Waals surface area contributed by atoms with Gasteiger partial charge < -0.3 is 4.74 Å². The number of non-ortho nitro benzene ring substituents is 1. The second kappa shape index (κ2) is 9.13. The Morgan fingerprint density at radius 3 is 2.84 bits per heavy atom. The van der Waals surface area contributed by atoms with Gasteiger partial charge in [0.2, 0.25) is 0 Å². The average Bonchev–Trinajstić information content (AvgIpc) is 3.40. The summed E-state index contributed by atoms with van der Waals surface area (Å²) >= 11 is 7.60. The Kier molecular flexibility index (Phi) is 6.31. The number of ether oxygens (including phenoxy) is 1. The van der Waals surface area contributed by atoms with E-state index in [1.54, 1.807) is 23.1 Å². The smallest absolute Gasteiger partial charge is 0.269 e. The number of carbonyl (C=O) groups is 1. The molecule has 1 aliphatic rings. The summed E-state index contributed by atoms with van der Waals surface area (Å²) in [4.78, 5) is 29.8. The van der Waals surface area contributed by atoms with Gasteiger partial charge in [-0.2, -0.15) is 0 Å². The number of nitro benzene ring substituents is 1. The maximum atomic E-state index is 13.1. The SMILES string of the molecule is Cc1cc(Cl)cc2sc(N(CC3CCCO3)C(=O)/C=C\c3ccc([N+](=O)[O-])cc3)nc12. The van der Waals surface area contributed by atoms with Crippen LogP contribution in [0.15, 0.2) is 42.5 Å². The summed E-state index contributed by atoms with van der Waals surface area (Å²) in [5.41, 5.74) is 2.49. The molecule has 1 amide bonds. The fraction of sp³-hybridized carbons (Fsp3) is 0.273. The Labute approximate surface area is 188 Å². The van der Waals surface area contributed by atoms with Crippen molar-refractivity contribution in [3.8, 4) is 0 Å². The monoisotopic (exact) mass is 457 g/mol. The molecule has 160 valence electrons. The fourth-order valence-electron chi connectivity index (χ4n) is 3.48. The Morgan fingerprint density at radius 2 is 2.16 bits per heavy atom. The van der Waals surface area contributed by atoms with Crippen molar-refractivity contribution in [2.24, 2.45) is 0 Å². The minimum absolute atomic E-state index is 0.00647. The Bertz CT molecular complexity index is 1150. The minimum atomic E-state index is -0.455. The van der Waals surface area contributed by atoms with Crippen LogP contribution in [0.1, 0.15) is 24.0 Å². The van der Waals surface area contributed by atoms with Crippen molar-refractivity contribution in [2.45, 2.75) is 25.9 Å².